The van der Waals surface area contributed by atoms with E-state index in [0.717, 1.165) is 10.6 Å². The van der Waals surface area contributed by atoms with Crippen molar-refractivity contribution in [1.82, 2.24) is 5.32 Å². The molecule has 1 aliphatic heterocycles. The Bertz CT molecular complexity index is 837. The van der Waals surface area contributed by atoms with E-state index in [4.69, 9.17) is 5.11 Å². The van der Waals surface area contributed by atoms with Gasteiger partial charge in [-0.15, -0.1) is 11.8 Å². The minimum absolute atomic E-state index is 0.0590. The number of anilines is 1. The molecule has 1 aliphatic rings. The molecule has 0 saturated carbocycles. The molecule has 0 fully saturated rings. The molecule has 0 radical (unpaired) electrons. The second-order valence-electron chi connectivity index (χ2n) is 5.58. The fourth-order valence-corrected chi connectivity index (χ4v) is 3.59. The zero-order valence-electron chi connectivity index (χ0n) is 13.2. The Balaban J connectivity index is 1.57. The number of carbonyl (C=O) groups is 3. The van der Waals surface area contributed by atoms with Gasteiger partial charge >= 0.3 is 5.97 Å². The molecule has 6 nitrogen and oxygen atoms in total. The summed E-state index contributed by atoms with van der Waals surface area (Å²) in [5.41, 5.74) is 1.63. The van der Waals surface area contributed by atoms with Gasteiger partial charge in [0.2, 0.25) is 11.8 Å². The molecule has 0 unspecified atom stereocenters. The van der Waals surface area contributed by atoms with Gasteiger partial charge in [0, 0.05) is 17.9 Å². The average molecular weight is 356 g/mol. The summed E-state index contributed by atoms with van der Waals surface area (Å²) < 4.78 is 0. The summed E-state index contributed by atoms with van der Waals surface area (Å²) in [6.45, 7) is 0.218. The zero-order valence-corrected chi connectivity index (χ0v) is 14.0. The van der Waals surface area contributed by atoms with E-state index < -0.39 is 11.2 Å². The third-order valence-corrected chi connectivity index (χ3v) is 5.02. The summed E-state index contributed by atoms with van der Waals surface area (Å²) in [6.07, 6.45) is 0.0590. The first-order valence-electron chi connectivity index (χ1n) is 7.68. The summed E-state index contributed by atoms with van der Waals surface area (Å²) in [7, 11) is 0. The van der Waals surface area contributed by atoms with Crippen molar-refractivity contribution in [3.63, 3.8) is 0 Å². The number of benzene rings is 2. The standard InChI is InChI=1S/C18H16N2O4S/c21-16(19-10-11-4-3-5-12(8-11)18(23)24)9-15-17(22)20-13-6-1-2-7-14(13)25-15/h1-8,15H,9-10H2,(H,19,21)(H,20,22)(H,23,24)/t15-/m0/s1. The second-order valence-corrected chi connectivity index (χ2v) is 6.82. The van der Waals surface area contributed by atoms with Crippen molar-refractivity contribution in [3.05, 3.63) is 59.7 Å². The van der Waals surface area contributed by atoms with E-state index in [1.807, 2.05) is 24.3 Å². The molecule has 2 aromatic carbocycles. The van der Waals surface area contributed by atoms with Crippen LogP contribution in [0.15, 0.2) is 53.4 Å². The minimum atomic E-state index is -1.01. The van der Waals surface area contributed by atoms with Crippen molar-refractivity contribution < 1.29 is 19.5 Å². The van der Waals surface area contributed by atoms with E-state index in [1.165, 1.54) is 23.9 Å². The molecule has 0 bridgehead atoms. The lowest BCUT2D eigenvalue weighted by atomic mass is 10.1. The van der Waals surface area contributed by atoms with Crippen molar-refractivity contribution in [2.24, 2.45) is 0 Å². The van der Waals surface area contributed by atoms with Gasteiger partial charge in [0.25, 0.3) is 0 Å². The number of hydrogen-bond donors (Lipinski definition) is 3. The number of hydrogen-bond acceptors (Lipinski definition) is 4. The van der Waals surface area contributed by atoms with Crippen LogP contribution in [0.5, 0.6) is 0 Å². The van der Waals surface area contributed by atoms with Crippen LogP contribution in [0.25, 0.3) is 0 Å². The molecule has 2 aromatic rings. The van der Waals surface area contributed by atoms with Gasteiger partial charge in [-0.2, -0.15) is 0 Å². The van der Waals surface area contributed by atoms with Gasteiger partial charge < -0.3 is 15.7 Å². The van der Waals surface area contributed by atoms with E-state index in [9.17, 15) is 14.4 Å². The molecule has 7 heteroatoms. The summed E-state index contributed by atoms with van der Waals surface area (Å²) >= 11 is 1.37. The number of carboxylic acids is 1. The molecule has 128 valence electrons. The Hall–Kier alpha value is -2.80. The molecule has 0 aliphatic carbocycles. The van der Waals surface area contributed by atoms with Crippen molar-refractivity contribution in [1.29, 1.82) is 0 Å². The molecule has 0 spiro atoms. The molecular weight excluding hydrogens is 340 g/mol. The Morgan fingerprint density at radius 3 is 2.76 bits per heavy atom. The predicted octanol–water partition coefficient (Wildman–Crippen LogP) is 2.50. The van der Waals surface area contributed by atoms with E-state index >= 15 is 0 Å². The summed E-state index contributed by atoms with van der Waals surface area (Å²) in [5, 5.41) is 14.0. The van der Waals surface area contributed by atoms with Crippen molar-refractivity contribution in [2.45, 2.75) is 23.1 Å². The summed E-state index contributed by atoms with van der Waals surface area (Å²) in [4.78, 5) is 36.1. The molecule has 2 amide bonds. The third-order valence-electron chi connectivity index (χ3n) is 3.74. The normalized spacial score (nSPS) is 15.8. The van der Waals surface area contributed by atoms with Crippen LogP contribution in [0.1, 0.15) is 22.3 Å². The van der Waals surface area contributed by atoms with Gasteiger partial charge in [-0.3, -0.25) is 9.59 Å². The highest BCUT2D eigenvalue weighted by molar-refractivity contribution is 8.01. The highest BCUT2D eigenvalue weighted by Crippen LogP contribution is 2.36. The highest BCUT2D eigenvalue weighted by atomic mass is 32.2. The zero-order chi connectivity index (χ0) is 17.8. The Kier molecular flexibility index (Phi) is 5.04. The molecule has 1 heterocycles. The van der Waals surface area contributed by atoms with Crippen molar-refractivity contribution >= 4 is 35.2 Å². The first-order chi connectivity index (χ1) is 12.0. The molecule has 0 aromatic heterocycles. The Morgan fingerprint density at radius 2 is 1.96 bits per heavy atom. The van der Waals surface area contributed by atoms with Gasteiger partial charge in [0.05, 0.1) is 16.5 Å². The number of carbonyl (C=O) groups excluding carboxylic acids is 2. The summed E-state index contributed by atoms with van der Waals surface area (Å²) in [5.74, 6) is -1.46. The van der Waals surface area contributed by atoms with E-state index in [-0.39, 0.29) is 30.3 Å². The van der Waals surface area contributed by atoms with Crippen molar-refractivity contribution in [2.75, 3.05) is 5.32 Å². The van der Waals surface area contributed by atoms with Gasteiger partial charge in [-0.1, -0.05) is 24.3 Å². The van der Waals surface area contributed by atoms with Crippen LogP contribution in [0.2, 0.25) is 0 Å². The van der Waals surface area contributed by atoms with E-state index in [0.29, 0.717) is 5.56 Å². The van der Waals surface area contributed by atoms with Crippen LogP contribution in [0.4, 0.5) is 5.69 Å². The van der Waals surface area contributed by atoms with Gasteiger partial charge in [0.15, 0.2) is 0 Å². The van der Waals surface area contributed by atoms with E-state index in [1.54, 1.807) is 12.1 Å². The van der Waals surface area contributed by atoms with Crippen LogP contribution in [-0.2, 0) is 16.1 Å². The lowest BCUT2D eigenvalue weighted by Crippen LogP contribution is -2.34. The van der Waals surface area contributed by atoms with Gasteiger partial charge in [0.1, 0.15) is 0 Å². The van der Waals surface area contributed by atoms with Crippen molar-refractivity contribution in [3.8, 4) is 0 Å². The van der Waals surface area contributed by atoms with Crippen LogP contribution >= 0.6 is 11.8 Å². The number of thioether (sulfide) groups is 1. The number of fused-ring (bicyclic) bond motifs is 1. The number of rotatable bonds is 5. The maximum Gasteiger partial charge on any atom is 0.335 e. The fourth-order valence-electron chi connectivity index (χ4n) is 2.48. The average Bonchev–Trinajstić information content (AvgIpc) is 2.61. The minimum Gasteiger partial charge on any atom is -0.478 e. The maximum absolute atomic E-state index is 12.1. The number of aromatic carboxylic acids is 1. The second kappa shape index (κ2) is 7.40. The van der Waals surface area contributed by atoms with E-state index in [2.05, 4.69) is 10.6 Å². The van der Waals surface area contributed by atoms with Crippen LogP contribution in [0, 0.1) is 0 Å². The number of amides is 2. The lowest BCUT2D eigenvalue weighted by molar-refractivity contribution is -0.124. The predicted molar refractivity (Wildman–Crippen MR) is 94.6 cm³/mol. The molecule has 3 rings (SSSR count). The number of carboxylic acid groups (broad SMARTS) is 1. The van der Waals surface area contributed by atoms with Crippen LogP contribution in [-0.4, -0.2) is 28.1 Å². The SMILES string of the molecule is O=C(C[C@@H]1Sc2ccccc2NC1=O)NCc1cccc(C(=O)O)c1. The first kappa shape index (κ1) is 17.0. The lowest BCUT2D eigenvalue weighted by Gasteiger charge is -2.23. The molecule has 1 atom stereocenters. The smallest absolute Gasteiger partial charge is 0.335 e. The highest BCUT2D eigenvalue weighted by Gasteiger charge is 2.28. The third kappa shape index (κ3) is 4.19. The van der Waals surface area contributed by atoms with Gasteiger partial charge in [-0.05, 0) is 29.8 Å². The molecular formula is C18H16N2O4S. The fraction of sp³-hybridized carbons (Fsp3) is 0.167. The molecule has 3 N–H and O–H groups in total. The molecule has 0 saturated heterocycles. The molecule has 25 heavy (non-hydrogen) atoms. The number of para-hydroxylation sites is 1. The summed E-state index contributed by atoms with van der Waals surface area (Å²) in [6, 6.07) is 13.8. The monoisotopic (exact) mass is 356 g/mol. The van der Waals surface area contributed by atoms with Crippen LogP contribution < -0.4 is 10.6 Å². The largest absolute Gasteiger partial charge is 0.478 e. The number of nitrogens with one attached hydrogen (secondary N) is 2. The first-order valence-corrected chi connectivity index (χ1v) is 8.56. The Labute approximate surface area is 148 Å². The van der Waals surface area contributed by atoms with Crippen LogP contribution in [0.3, 0.4) is 0 Å². The topological polar surface area (TPSA) is 95.5 Å². The van der Waals surface area contributed by atoms with Gasteiger partial charge in [-0.25, -0.2) is 4.79 Å². The quantitative estimate of drug-likeness (QED) is 0.765. The Morgan fingerprint density at radius 1 is 1.16 bits per heavy atom. The maximum atomic E-state index is 12.1.